The van der Waals surface area contributed by atoms with E-state index in [4.69, 9.17) is 4.98 Å². The molecule has 0 aliphatic rings. The molecule has 0 aliphatic heterocycles. The van der Waals surface area contributed by atoms with E-state index in [-0.39, 0.29) is 0 Å². The van der Waals surface area contributed by atoms with Gasteiger partial charge >= 0.3 is 0 Å². The van der Waals surface area contributed by atoms with Gasteiger partial charge in [0.25, 0.3) is 0 Å². The van der Waals surface area contributed by atoms with E-state index in [0.717, 1.165) is 44.5 Å². The molecular weight excluding hydrogens is 314 g/mol. The van der Waals surface area contributed by atoms with Gasteiger partial charge in [-0.2, -0.15) is 5.10 Å². The van der Waals surface area contributed by atoms with Gasteiger partial charge in [-0.05, 0) is 31.2 Å². The lowest BCUT2D eigenvalue weighted by Crippen LogP contribution is -1.97. The molecule has 0 aliphatic carbocycles. The van der Waals surface area contributed by atoms with Crippen LogP contribution in [0, 0.1) is 6.92 Å². The highest BCUT2D eigenvalue weighted by Gasteiger charge is 2.14. The number of anilines is 2. The molecule has 120 valence electrons. The summed E-state index contributed by atoms with van der Waals surface area (Å²) in [5, 5.41) is 9.94. The van der Waals surface area contributed by atoms with Gasteiger partial charge in [0.1, 0.15) is 23.2 Å². The topological polar surface area (TPSA) is 80.9 Å². The fourth-order valence-electron chi connectivity index (χ4n) is 3.01. The molecule has 0 aromatic carbocycles. The van der Waals surface area contributed by atoms with Crippen molar-refractivity contribution in [2.45, 2.75) is 6.92 Å². The number of rotatable bonds is 2. The molecule has 0 spiro atoms. The predicted molar refractivity (Wildman–Crippen MR) is 95.8 cm³/mol. The molecule has 0 saturated heterocycles. The second-order valence-corrected chi connectivity index (χ2v) is 5.80. The summed E-state index contributed by atoms with van der Waals surface area (Å²) in [6, 6.07) is 7.77. The number of pyridine rings is 3. The highest BCUT2D eigenvalue weighted by Crippen LogP contribution is 2.31. The van der Waals surface area contributed by atoms with Crippen LogP contribution in [0.3, 0.4) is 0 Å². The maximum Gasteiger partial charge on any atom is 0.140 e. The highest BCUT2D eigenvalue weighted by atomic mass is 15.2. The third-order valence-electron chi connectivity index (χ3n) is 4.13. The van der Waals surface area contributed by atoms with Gasteiger partial charge in [0.2, 0.25) is 0 Å². The van der Waals surface area contributed by atoms with Crippen molar-refractivity contribution in [3.63, 3.8) is 0 Å². The van der Waals surface area contributed by atoms with E-state index in [1.165, 1.54) is 0 Å². The average molecular weight is 327 g/mol. The van der Waals surface area contributed by atoms with Crippen molar-refractivity contribution in [1.29, 1.82) is 0 Å². The molecule has 0 saturated carbocycles. The lowest BCUT2D eigenvalue weighted by atomic mass is 10.1. The number of nitrogens with zero attached hydrogens (tertiary/aromatic N) is 6. The van der Waals surface area contributed by atoms with Crippen molar-refractivity contribution in [3.8, 4) is 0 Å². The lowest BCUT2D eigenvalue weighted by molar-refractivity contribution is 0.939. The Morgan fingerprint density at radius 3 is 2.80 bits per heavy atom. The second kappa shape index (κ2) is 5.20. The first-order chi connectivity index (χ1) is 12.3. The summed E-state index contributed by atoms with van der Waals surface area (Å²) < 4.78 is 1.75. The van der Waals surface area contributed by atoms with Crippen LogP contribution in [0.1, 0.15) is 5.69 Å². The number of fused-ring (bicyclic) bond motifs is 5. The first kappa shape index (κ1) is 13.8. The molecule has 1 N–H and O–H groups in total. The van der Waals surface area contributed by atoms with Crippen LogP contribution in [0.5, 0.6) is 0 Å². The van der Waals surface area contributed by atoms with Crippen LogP contribution in [-0.2, 0) is 0 Å². The van der Waals surface area contributed by atoms with E-state index in [9.17, 15) is 0 Å². The van der Waals surface area contributed by atoms with E-state index >= 15 is 0 Å². The molecule has 0 fully saturated rings. The van der Waals surface area contributed by atoms with Gasteiger partial charge in [-0.3, -0.25) is 9.97 Å². The van der Waals surface area contributed by atoms with E-state index in [0.29, 0.717) is 0 Å². The summed E-state index contributed by atoms with van der Waals surface area (Å²) in [6.07, 6.45) is 8.78. The Morgan fingerprint density at radius 2 is 1.88 bits per heavy atom. The summed E-state index contributed by atoms with van der Waals surface area (Å²) in [5.41, 5.74) is 4.45. The first-order valence-corrected chi connectivity index (χ1v) is 7.85. The standard InChI is InChI=1S/C18H13N7/c1-11-8-12(2-7-21-11)22-18-14-9-19-5-3-13(14)16-17(23-18)15-4-6-20-10-25(15)24-16/h2-10H,1H3,(H,21,22,23). The Morgan fingerprint density at radius 1 is 0.960 bits per heavy atom. The molecule has 0 radical (unpaired) electrons. The predicted octanol–water partition coefficient (Wildman–Crippen LogP) is 3.27. The Bertz CT molecular complexity index is 1240. The molecule has 7 heteroatoms. The molecule has 5 aromatic rings. The van der Waals surface area contributed by atoms with Gasteiger partial charge < -0.3 is 5.32 Å². The number of aryl methyl sites for hydroxylation is 1. The fraction of sp³-hybridized carbons (Fsp3) is 0.0556. The second-order valence-electron chi connectivity index (χ2n) is 5.80. The molecule has 0 atom stereocenters. The molecular formula is C18H13N7. The maximum absolute atomic E-state index is 4.83. The Kier molecular flexibility index (Phi) is 2.87. The average Bonchev–Trinajstić information content (AvgIpc) is 3.01. The van der Waals surface area contributed by atoms with E-state index < -0.39 is 0 Å². The summed E-state index contributed by atoms with van der Waals surface area (Å²) in [5.74, 6) is 0.743. The molecule has 5 rings (SSSR count). The van der Waals surface area contributed by atoms with Crippen molar-refractivity contribution >= 4 is 38.8 Å². The first-order valence-electron chi connectivity index (χ1n) is 7.85. The van der Waals surface area contributed by atoms with Crippen molar-refractivity contribution in [1.82, 2.24) is 29.5 Å². The maximum atomic E-state index is 4.83. The number of hydrogen-bond acceptors (Lipinski definition) is 6. The largest absolute Gasteiger partial charge is 0.340 e. The Labute approximate surface area is 142 Å². The highest BCUT2D eigenvalue weighted by molar-refractivity contribution is 6.12. The zero-order valence-electron chi connectivity index (χ0n) is 13.4. The van der Waals surface area contributed by atoms with Gasteiger partial charge in [0.15, 0.2) is 0 Å². The van der Waals surface area contributed by atoms with Crippen LogP contribution in [-0.4, -0.2) is 29.5 Å². The molecule has 5 aromatic heterocycles. The van der Waals surface area contributed by atoms with Crippen LogP contribution in [0.15, 0.2) is 55.4 Å². The molecule has 5 heterocycles. The third kappa shape index (κ3) is 2.17. The Hall–Kier alpha value is -3.61. The van der Waals surface area contributed by atoms with Crippen LogP contribution in [0.2, 0.25) is 0 Å². The lowest BCUT2D eigenvalue weighted by Gasteiger charge is -2.09. The fourth-order valence-corrected chi connectivity index (χ4v) is 3.01. The SMILES string of the molecule is Cc1cc(Nc2nc3c(nn4cnccc34)c3ccncc23)ccn1. The third-order valence-corrected chi connectivity index (χ3v) is 4.13. The normalized spacial score (nSPS) is 11.4. The van der Waals surface area contributed by atoms with Crippen LogP contribution < -0.4 is 5.32 Å². The summed E-state index contributed by atoms with van der Waals surface area (Å²) >= 11 is 0. The van der Waals surface area contributed by atoms with E-state index in [1.54, 1.807) is 35.6 Å². The zero-order chi connectivity index (χ0) is 16.8. The minimum absolute atomic E-state index is 0.743. The van der Waals surface area contributed by atoms with Crippen molar-refractivity contribution < 1.29 is 0 Å². The van der Waals surface area contributed by atoms with Gasteiger partial charge in [0, 0.05) is 46.9 Å². The summed E-state index contributed by atoms with van der Waals surface area (Å²) in [7, 11) is 0. The molecule has 7 nitrogen and oxygen atoms in total. The molecule has 25 heavy (non-hydrogen) atoms. The molecule has 0 unspecified atom stereocenters. The van der Waals surface area contributed by atoms with E-state index in [2.05, 4.69) is 25.4 Å². The van der Waals surface area contributed by atoms with Crippen molar-refractivity contribution in [2.75, 3.05) is 5.32 Å². The Balaban J connectivity index is 1.83. The quantitative estimate of drug-likeness (QED) is 0.536. The summed E-state index contributed by atoms with van der Waals surface area (Å²) in [4.78, 5) is 17.4. The van der Waals surface area contributed by atoms with Crippen LogP contribution in [0.4, 0.5) is 11.5 Å². The van der Waals surface area contributed by atoms with Gasteiger partial charge in [-0.1, -0.05) is 0 Å². The monoisotopic (exact) mass is 327 g/mol. The number of hydrogen-bond donors (Lipinski definition) is 1. The zero-order valence-corrected chi connectivity index (χ0v) is 13.4. The van der Waals surface area contributed by atoms with Gasteiger partial charge in [0.05, 0.1) is 5.52 Å². The minimum atomic E-state index is 0.743. The van der Waals surface area contributed by atoms with Crippen molar-refractivity contribution in [2.24, 2.45) is 0 Å². The minimum Gasteiger partial charge on any atom is -0.340 e. The van der Waals surface area contributed by atoms with Gasteiger partial charge in [-0.25, -0.2) is 14.5 Å². The molecule has 0 bridgehead atoms. The number of aromatic nitrogens is 6. The van der Waals surface area contributed by atoms with E-state index in [1.807, 2.05) is 31.2 Å². The number of nitrogens with one attached hydrogen (secondary N) is 1. The molecule has 0 amide bonds. The van der Waals surface area contributed by atoms with Crippen molar-refractivity contribution in [3.05, 3.63) is 61.1 Å². The summed E-state index contributed by atoms with van der Waals surface area (Å²) in [6.45, 7) is 1.96. The smallest absolute Gasteiger partial charge is 0.140 e. The van der Waals surface area contributed by atoms with Crippen LogP contribution in [0.25, 0.3) is 27.3 Å². The van der Waals surface area contributed by atoms with Gasteiger partial charge in [-0.15, -0.1) is 0 Å². The van der Waals surface area contributed by atoms with Crippen LogP contribution >= 0.6 is 0 Å².